The summed E-state index contributed by atoms with van der Waals surface area (Å²) in [4.78, 5) is 2.03. The fourth-order valence-electron chi connectivity index (χ4n) is 1.84. The van der Waals surface area contributed by atoms with Crippen molar-refractivity contribution in [1.82, 2.24) is 10.2 Å². The van der Waals surface area contributed by atoms with Gasteiger partial charge in [0.05, 0.1) is 6.61 Å². The molecule has 0 aromatic rings. The number of piperazine rings is 1. The molecule has 0 spiro atoms. The molecule has 1 N–H and O–H groups in total. The van der Waals surface area contributed by atoms with Crippen molar-refractivity contribution in [3.05, 3.63) is 0 Å². The van der Waals surface area contributed by atoms with Crippen LogP contribution < -0.4 is 5.32 Å². The summed E-state index contributed by atoms with van der Waals surface area (Å²) in [5.41, 5.74) is -0.124. The summed E-state index contributed by atoms with van der Waals surface area (Å²) < 4.78 is 39.3. The Kier molecular flexibility index (Phi) is 4.20. The zero-order valence-electron chi connectivity index (χ0n) is 9.90. The van der Waals surface area contributed by atoms with Crippen molar-refractivity contribution in [3.8, 4) is 0 Å². The Balaban J connectivity index is 2.39. The maximum absolute atomic E-state index is 11.8. The van der Waals surface area contributed by atoms with Gasteiger partial charge >= 0.3 is 6.36 Å². The minimum absolute atomic E-state index is 0.124. The van der Waals surface area contributed by atoms with E-state index in [1.165, 1.54) is 0 Å². The van der Waals surface area contributed by atoms with Crippen LogP contribution in [0.5, 0.6) is 0 Å². The summed E-state index contributed by atoms with van der Waals surface area (Å²) in [6.07, 6.45) is -4.52. The molecule has 1 aliphatic rings. The van der Waals surface area contributed by atoms with E-state index in [0.717, 1.165) is 13.1 Å². The number of nitrogens with zero attached hydrogens (tertiary/aromatic N) is 1. The van der Waals surface area contributed by atoms with Crippen molar-refractivity contribution in [1.29, 1.82) is 0 Å². The van der Waals surface area contributed by atoms with Gasteiger partial charge in [-0.05, 0) is 20.8 Å². The number of nitrogens with one attached hydrogen (secondary N) is 1. The summed E-state index contributed by atoms with van der Waals surface area (Å²) in [6.45, 7) is 7.57. The average molecular weight is 240 g/mol. The summed E-state index contributed by atoms with van der Waals surface area (Å²) in [5.74, 6) is 0. The number of halogens is 3. The Labute approximate surface area is 93.9 Å². The Morgan fingerprint density at radius 3 is 2.62 bits per heavy atom. The van der Waals surface area contributed by atoms with Gasteiger partial charge in [0, 0.05) is 31.2 Å². The Morgan fingerprint density at radius 2 is 2.06 bits per heavy atom. The monoisotopic (exact) mass is 240 g/mol. The second kappa shape index (κ2) is 4.89. The molecule has 0 aromatic carbocycles. The van der Waals surface area contributed by atoms with Crippen LogP contribution in [-0.2, 0) is 4.74 Å². The molecular weight excluding hydrogens is 221 g/mol. The molecule has 0 saturated carbocycles. The summed E-state index contributed by atoms with van der Waals surface area (Å²) in [6, 6.07) is 0.305. The number of hydrogen-bond acceptors (Lipinski definition) is 3. The Morgan fingerprint density at radius 1 is 1.44 bits per heavy atom. The van der Waals surface area contributed by atoms with Crippen LogP contribution in [0.2, 0.25) is 0 Å². The Bertz CT molecular complexity index is 231. The zero-order chi connectivity index (χ0) is 12.4. The van der Waals surface area contributed by atoms with Crippen molar-refractivity contribution < 1.29 is 17.9 Å². The van der Waals surface area contributed by atoms with E-state index >= 15 is 0 Å². The van der Waals surface area contributed by atoms with Crippen LogP contribution in [0, 0.1) is 0 Å². The molecule has 6 heteroatoms. The third-order valence-corrected chi connectivity index (χ3v) is 2.86. The molecule has 3 nitrogen and oxygen atoms in total. The van der Waals surface area contributed by atoms with E-state index in [9.17, 15) is 13.2 Å². The van der Waals surface area contributed by atoms with Crippen LogP contribution in [0.1, 0.15) is 20.8 Å². The molecule has 0 amide bonds. The molecule has 1 rings (SSSR count). The van der Waals surface area contributed by atoms with E-state index in [4.69, 9.17) is 0 Å². The lowest BCUT2D eigenvalue weighted by molar-refractivity contribution is -0.325. The van der Waals surface area contributed by atoms with Gasteiger partial charge in [-0.15, -0.1) is 13.2 Å². The molecule has 1 saturated heterocycles. The molecule has 96 valence electrons. The molecule has 0 bridgehead atoms. The minimum atomic E-state index is -4.52. The van der Waals surface area contributed by atoms with Crippen LogP contribution in [0.25, 0.3) is 0 Å². The van der Waals surface area contributed by atoms with E-state index < -0.39 is 6.36 Å². The normalized spacial score (nSPS) is 27.0. The zero-order valence-corrected chi connectivity index (χ0v) is 9.90. The number of ether oxygens (including phenoxy) is 1. The predicted octanol–water partition coefficient (Wildman–Crippen LogP) is 1.60. The highest BCUT2D eigenvalue weighted by Gasteiger charge is 2.34. The van der Waals surface area contributed by atoms with Gasteiger partial charge in [0.2, 0.25) is 0 Å². The van der Waals surface area contributed by atoms with Gasteiger partial charge in [0.15, 0.2) is 0 Å². The van der Waals surface area contributed by atoms with E-state index in [2.05, 4.69) is 10.1 Å². The summed E-state index contributed by atoms with van der Waals surface area (Å²) >= 11 is 0. The van der Waals surface area contributed by atoms with Gasteiger partial charge in [-0.3, -0.25) is 9.64 Å². The first-order valence-corrected chi connectivity index (χ1v) is 5.40. The number of rotatable bonds is 3. The highest BCUT2D eigenvalue weighted by molar-refractivity contribution is 4.91. The minimum Gasteiger partial charge on any atom is -0.311 e. The Hall–Kier alpha value is -0.330. The van der Waals surface area contributed by atoms with Crippen LogP contribution in [0.15, 0.2) is 0 Å². The molecule has 1 heterocycles. The van der Waals surface area contributed by atoms with Gasteiger partial charge in [-0.25, -0.2) is 0 Å². The first kappa shape index (κ1) is 13.7. The largest absolute Gasteiger partial charge is 0.522 e. The van der Waals surface area contributed by atoms with E-state index in [0.29, 0.717) is 12.6 Å². The number of hydrogen-bond donors (Lipinski definition) is 1. The fourth-order valence-corrected chi connectivity index (χ4v) is 1.84. The summed E-state index contributed by atoms with van der Waals surface area (Å²) in [7, 11) is 0. The molecule has 1 atom stereocenters. The molecular formula is C10H19F3N2O. The van der Waals surface area contributed by atoms with Crippen molar-refractivity contribution in [3.63, 3.8) is 0 Å². The molecule has 0 aromatic heterocycles. The smallest absolute Gasteiger partial charge is 0.311 e. The van der Waals surface area contributed by atoms with Crippen LogP contribution in [-0.4, -0.2) is 49.1 Å². The van der Waals surface area contributed by atoms with Crippen molar-refractivity contribution >= 4 is 0 Å². The molecule has 1 fully saturated rings. The van der Waals surface area contributed by atoms with E-state index in [1.807, 2.05) is 25.7 Å². The van der Waals surface area contributed by atoms with Crippen molar-refractivity contribution in [2.24, 2.45) is 0 Å². The van der Waals surface area contributed by atoms with Crippen molar-refractivity contribution in [2.75, 3.05) is 26.2 Å². The van der Waals surface area contributed by atoms with E-state index in [1.54, 1.807) is 0 Å². The third-order valence-electron chi connectivity index (χ3n) is 2.86. The topological polar surface area (TPSA) is 24.5 Å². The van der Waals surface area contributed by atoms with Gasteiger partial charge in [0.25, 0.3) is 0 Å². The van der Waals surface area contributed by atoms with Gasteiger partial charge in [0.1, 0.15) is 0 Å². The first-order valence-electron chi connectivity index (χ1n) is 5.40. The lowest BCUT2D eigenvalue weighted by atomic mass is 9.98. The highest BCUT2D eigenvalue weighted by Crippen LogP contribution is 2.20. The standard InChI is InChI=1S/C10H19F3N2O/c1-8-6-15(9(2,3)7-14-8)4-5-16-10(11,12)13/h8,14H,4-7H2,1-3H3. The third kappa shape index (κ3) is 4.27. The maximum Gasteiger partial charge on any atom is 0.522 e. The predicted molar refractivity (Wildman–Crippen MR) is 55.1 cm³/mol. The summed E-state index contributed by atoms with van der Waals surface area (Å²) in [5, 5.41) is 3.30. The van der Waals surface area contributed by atoms with Crippen LogP contribution in [0.4, 0.5) is 13.2 Å². The molecule has 0 aliphatic carbocycles. The average Bonchev–Trinajstić information content (AvgIpc) is 2.09. The lowest BCUT2D eigenvalue weighted by Gasteiger charge is -2.45. The highest BCUT2D eigenvalue weighted by atomic mass is 19.4. The molecule has 1 unspecified atom stereocenters. The quantitative estimate of drug-likeness (QED) is 0.811. The fraction of sp³-hybridized carbons (Fsp3) is 1.00. The molecule has 1 aliphatic heterocycles. The van der Waals surface area contributed by atoms with Crippen molar-refractivity contribution in [2.45, 2.75) is 38.7 Å². The molecule has 16 heavy (non-hydrogen) atoms. The van der Waals surface area contributed by atoms with Crippen LogP contribution >= 0.6 is 0 Å². The second-order valence-electron chi connectivity index (χ2n) is 4.83. The SMILES string of the molecule is CC1CN(CCOC(F)(F)F)C(C)(C)CN1. The van der Waals surface area contributed by atoms with Gasteiger partial charge in [-0.1, -0.05) is 0 Å². The van der Waals surface area contributed by atoms with Crippen LogP contribution in [0.3, 0.4) is 0 Å². The molecule has 0 radical (unpaired) electrons. The first-order chi connectivity index (χ1) is 7.21. The second-order valence-corrected chi connectivity index (χ2v) is 4.83. The van der Waals surface area contributed by atoms with E-state index in [-0.39, 0.29) is 12.1 Å². The maximum atomic E-state index is 11.8. The van der Waals surface area contributed by atoms with Gasteiger partial charge in [-0.2, -0.15) is 0 Å². The van der Waals surface area contributed by atoms with Gasteiger partial charge < -0.3 is 5.32 Å². The lowest BCUT2D eigenvalue weighted by Crippen LogP contribution is -2.61. The number of alkyl halides is 3.